The van der Waals surface area contributed by atoms with Crippen molar-refractivity contribution in [2.24, 2.45) is 10.9 Å². The lowest BCUT2D eigenvalue weighted by atomic mass is 9.89. The molecule has 2 aliphatic heterocycles. The molecule has 1 aromatic rings. The second kappa shape index (κ2) is 15.1. The molecule has 0 radical (unpaired) electrons. The summed E-state index contributed by atoms with van der Waals surface area (Å²) in [5.74, 6) is 1.37. The zero-order valence-electron chi connectivity index (χ0n) is 20.3. The molecular weight excluding hydrogens is 513 g/mol. The van der Waals surface area contributed by atoms with E-state index >= 15 is 0 Å². The number of likely N-dealkylation sites (N-methyl/N-ethyl adjacent to an activating group) is 1. The number of hydrogen-bond acceptors (Lipinski definition) is 4. The molecule has 6 nitrogen and oxygen atoms in total. The van der Waals surface area contributed by atoms with Gasteiger partial charge in [0.1, 0.15) is 0 Å². The Morgan fingerprint density at radius 3 is 2.69 bits per heavy atom. The number of guanidine groups is 1. The summed E-state index contributed by atoms with van der Waals surface area (Å²) in [6, 6.07) is 8.79. The number of aliphatic imine (C=N–C) groups is 1. The van der Waals surface area contributed by atoms with Crippen LogP contribution in [0, 0.1) is 12.8 Å². The van der Waals surface area contributed by atoms with Crippen LogP contribution in [-0.2, 0) is 4.74 Å². The van der Waals surface area contributed by atoms with Gasteiger partial charge in [-0.1, -0.05) is 29.8 Å². The van der Waals surface area contributed by atoms with Crippen molar-refractivity contribution in [2.75, 3.05) is 66.0 Å². The number of nitrogens with one attached hydrogen (secondary N) is 2. The molecule has 32 heavy (non-hydrogen) atoms. The Morgan fingerprint density at radius 1 is 1.09 bits per heavy atom. The summed E-state index contributed by atoms with van der Waals surface area (Å²) in [4.78, 5) is 9.97. The van der Waals surface area contributed by atoms with Crippen LogP contribution in [0.1, 0.15) is 49.8 Å². The van der Waals surface area contributed by atoms with Gasteiger partial charge in [-0.15, -0.1) is 24.0 Å². The highest BCUT2D eigenvalue weighted by molar-refractivity contribution is 14.0. The maximum Gasteiger partial charge on any atom is 0.191 e. The Bertz CT molecular complexity index is 669. The van der Waals surface area contributed by atoms with Gasteiger partial charge in [0.25, 0.3) is 0 Å². The van der Waals surface area contributed by atoms with Crippen LogP contribution in [0.2, 0.25) is 0 Å². The molecule has 2 atom stereocenters. The van der Waals surface area contributed by atoms with Crippen molar-refractivity contribution in [3.8, 4) is 0 Å². The molecule has 0 saturated carbocycles. The van der Waals surface area contributed by atoms with Crippen molar-refractivity contribution in [3.63, 3.8) is 0 Å². The Kier molecular flexibility index (Phi) is 12.9. The van der Waals surface area contributed by atoms with Gasteiger partial charge in [0.15, 0.2) is 5.96 Å². The smallest absolute Gasteiger partial charge is 0.191 e. The minimum atomic E-state index is 0. The van der Waals surface area contributed by atoms with E-state index in [1.807, 2.05) is 0 Å². The molecule has 2 heterocycles. The summed E-state index contributed by atoms with van der Waals surface area (Å²) in [5.41, 5.74) is 2.58. The van der Waals surface area contributed by atoms with E-state index in [1.165, 1.54) is 50.1 Å². The van der Waals surface area contributed by atoms with E-state index in [4.69, 9.17) is 9.73 Å². The molecule has 2 fully saturated rings. The van der Waals surface area contributed by atoms with Gasteiger partial charge in [-0.05, 0) is 71.8 Å². The fourth-order valence-electron chi connectivity index (χ4n) is 4.54. The zero-order valence-corrected chi connectivity index (χ0v) is 22.6. The summed E-state index contributed by atoms with van der Waals surface area (Å²) in [6.07, 6.45) is 4.87. The molecule has 0 amide bonds. The lowest BCUT2D eigenvalue weighted by Crippen LogP contribution is -2.39. The summed E-state index contributed by atoms with van der Waals surface area (Å²) < 4.78 is 6.17. The van der Waals surface area contributed by atoms with E-state index in [2.05, 4.69) is 65.6 Å². The van der Waals surface area contributed by atoms with Crippen LogP contribution in [-0.4, -0.2) is 81.8 Å². The average Bonchev–Trinajstić information content (AvgIpc) is 3.00. The SMILES string of the molecule is CCNC(=NCC1CCCOC1c1ccc(C)cc1)NCCCN1CCCN(C)CC1.I. The highest BCUT2D eigenvalue weighted by Gasteiger charge is 2.27. The minimum Gasteiger partial charge on any atom is -0.373 e. The van der Waals surface area contributed by atoms with Crippen LogP contribution in [0.3, 0.4) is 0 Å². The largest absolute Gasteiger partial charge is 0.373 e. The molecular formula is C25H44IN5O. The van der Waals surface area contributed by atoms with E-state index in [9.17, 15) is 0 Å². The Hall–Kier alpha value is -0.900. The Morgan fingerprint density at radius 2 is 1.91 bits per heavy atom. The summed E-state index contributed by atoms with van der Waals surface area (Å²) in [5, 5.41) is 6.96. The van der Waals surface area contributed by atoms with E-state index < -0.39 is 0 Å². The van der Waals surface area contributed by atoms with Gasteiger partial charge < -0.3 is 25.2 Å². The second-order valence-corrected chi connectivity index (χ2v) is 9.10. The molecule has 2 saturated heterocycles. The summed E-state index contributed by atoms with van der Waals surface area (Å²) >= 11 is 0. The molecule has 1 aromatic carbocycles. The Labute approximate surface area is 212 Å². The van der Waals surface area contributed by atoms with Crippen LogP contribution in [0.5, 0.6) is 0 Å². The fraction of sp³-hybridized carbons (Fsp3) is 0.720. The third-order valence-corrected chi connectivity index (χ3v) is 6.43. The predicted molar refractivity (Wildman–Crippen MR) is 145 cm³/mol. The van der Waals surface area contributed by atoms with Crippen LogP contribution < -0.4 is 10.6 Å². The first-order valence-electron chi connectivity index (χ1n) is 12.3. The summed E-state index contributed by atoms with van der Waals surface area (Å²) in [6.45, 7) is 13.7. The van der Waals surface area contributed by atoms with Gasteiger partial charge in [0.05, 0.1) is 6.10 Å². The minimum absolute atomic E-state index is 0. The average molecular weight is 558 g/mol. The van der Waals surface area contributed by atoms with E-state index in [0.717, 1.165) is 51.6 Å². The number of benzene rings is 1. The third kappa shape index (κ3) is 9.15. The highest BCUT2D eigenvalue weighted by Crippen LogP contribution is 2.33. The van der Waals surface area contributed by atoms with E-state index in [1.54, 1.807) is 0 Å². The van der Waals surface area contributed by atoms with Crippen molar-refractivity contribution in [1.29, 1.82) is 0 Å². The van der Waals surface area contributed by atoms with Crippen LogP contribution in [0.4, 0.5) is 0 Å². The van der Waals surface area contributed by atoms with Crippen LogP contribution in [0.25, 0.3) is 0 Å². The van der Waals surface area contributed by atoms with Crippen molar-refractivity contribution in [2.45, 2.75) is 45.6 Å². The highest BCUT2D eigenvalue weighted by atomic mass is 127. The normalized spacial score (nSPS) is 23.3. The van der Waals surface area contributed by atoms with Crippen molar-refractivity contribution in [1.82, 2.24) is 20.4 Å². The molecule has 0 aromatic heterocycles. The molecule has 0 bridgehead atoms. The van der Waals surface area contributed by atoms with E-state index in [-0.39, 0.29) is 30.1 Å². The van der Waals surface area contributed by atoms with Gasteiger partial charge in [0.2, 0.25) is 0 Å². The van der Waals surface area contributed by atoms with Gasteiger partial charge in [-0.25, -0.2) is 0 Å². The van der Waals surface area contributed by atoms with Crippen molar-refractivity contribution < 1.29 is 4.74 Å². The van der Waals surface area contributed by atoms with Crippen LogP contribution in [0.15, 0.2) is 29.3 Å². The number of hydrogen-bond donors (Lipinski definition) is 2. The number of nitrogens with zero attached hydrogens (tertiary/aromatic N) is 3. The van der Waals surface area contributed by atoms with Gasteiger partial charge in [-0.2, -0.15) is 0 Å². The van der Waals surface area contributed by atoms with Gasteiger partial charge in [-0.3, -0.25) is 4.99 Å². The van der Waals surface area contributed by atoms with Crippen molar-refractivity contribution >= 4 is 29.9 Å². The lowest BCUT2D eigenvalue weighted by Gasteiger charge is -2.31. The molecule has 182 valence electrons. The molecule has 0 aliphatic carbocycles. The Balaban J connectivity index is 0.00000363. The third-order valence-electron chi connectivity index (χ3n) is 6.43. The number of ether oxygens (including phenoxy) is 1. The number of aryl methyl sites for hydroxylation is 1. The standard InChI is InChI=1S/C25H43N5O.HI/c1-4-26-25(27-13-6-15-30-16-7-14-29(3)17-18-30)28-20-23-8-5-19-31-24(23)22-11-9-21(2)10-12-22;/h9-12,23-24H,4-8,13-20H2,1-3H3,(H2,26,27,28);1H. The molecule has 2 unspecified atom stereocenters. The topological polar surface area (TPSA) is 52.1 Å². The fourth-order valence-corrected chi connectivity index (χ4v) is 4.54. The van der Waals surface area contributed by atoms with Gasteiger partial charge in [0, 0.05) is 45.2 Å². The first-order valence-corrected chi connectivity index (χ1v) is 12.3. The zero-order chi connectivity index (χ0) is 21.9. The molecule has 2 N–H and O–H groups in total. The second-order valence-electron chi connectivity index (χ2n) is 9.10. The van der Waals surface area contributed by atoms with Crippen LogP contribution >= 0.6 is 24.0 Å². The molecule has 2 aliphatic rings. The molecule has 7 heteroatoms. The maximum absolute atomic E-state index is 6.17. The quantitative estimate of drug-likeness (QED) is 0.221. The molecule has 3 rings (SSSR count). The van der Waals surface area contributed by atoms with E-state index in [0.29, 0.717) is 5.92 Å². The lowest BCUT2D eigenvalue weighted by molar-refractivity contribution is -0.0250. The number of halogens is 1. The molecule has 0 spiro atoms. The monoisotopic (exact) mass is 557 g/mol. The predicted octanol–water partition coefficient (Wildman–Crippen LogP) is 3.66. The summed E-state index contributed by atoms with van der Waals surface area (Å²) in [7, 11) is 2.23. The van der Waals surface area contributed by atoms with Crippen molar-refractivity contribution in [3.05, 3.63) is 35.4 Å². The van der Waals surface area contributed by atoms with Gasteiger partial charge >= 0.3 is 0 Å². The first-order chi connectivity index (χ1) is 15.2. The number of rotatable bonds is 8. The maximum atomic E-state index is 6.17. The first kappa shape index (κ1) is 27.3.